The fourth-order valence-corrected chi connectivity index (χ4v) is 1.96. The molecule has 1 unspecified atom stereocenters. The zero-order valence-corrected chi connectivity index (χ0v) is 9.96. The Morgan fingerprint density at radius 3 is 2.88 bits per heavy atom. The Kier molecular flexibility index (Phi) is 3.64. The van der Waals surface area contributed by atoms with Crippen LogP contribution in [0, 0.1) is 5.92 Å². The molecule has 1 aliphatic heterocycles. The lowest BCUT2D eigenvalue weighted by Gasteiger charge is -2.09. The molecule has 1 fully saturated rings. The average molecular weight is 253 g/mol. The van der Waals surface area contributed by atoms with Crippen LogP contribution >= 0.6 is 11.6 Å². The predicted octanol–water partition coefficient (Wildman–Crippen LogP) is 1.09. The smallest absolute Gasteiger partial charge is 0.225 e. The van der Waals surface area contributed by atoms with Gasteiger partial charge in [-0.25, -0.2) is 0 Å². The molecular weight excluding hydrogens is 240 g/mol. The molecule has 4 nitrogen and oxygen atoms in total. The fraction of sp³-hybridized carbons (Fsp3) is 0.333. The van der Waals surface area contributed by atoms with Gasteiger partial charge in [0.2, 0.25) is 11.8 Å². The quantitative estimate of drug-likeness (QED) is 0.846. The molecule has 2 rings (SSSR count). The lowest BCUT2D eigenvalue weighted by atomic mass is 10.1. The largest absolute Gasteiger partial charge is 0.355 e. The van der Waals surface area contributed by atoms with Crippen LogP contribution in [0.5, 0.6) is 0 Å². The van der Waals surface area contributed by atoms with E-state index in [0.29, 0.717) is 18.1 Å². The highest BCUT2D eigenvalue weighted by molar-refractivity contribution is 6.31. The lowest BCUT2D eigenvalue weighted by Crippen LogP contribution is -2.31. The highest BCUT2D eigenvalue weighted by atomic mass is 35.5. The molecule has 0 saturated carbocycles. The van der Waals surface area contributed by atoms with Crippen molar-refractivity contribution >= 4 is 23.4 Å². The Hall–Kier alpha value is -1.55. The maximum Gasteiger partial charge on any atom is 0.225 e. The summed E-state index contributed by atoms with van der Waals surface area (Å²) in [4.78, 5) is 22.7. The second-order valence-corrected chi connectivity index (χ2v) is 4.42. The van der Waals surface area contributed by atoms with Gasteiger partial charge in [-0.1, -0.05) is 29.8 Å². The topological polar surface area (TPSA) is 58.2 Å². The van der Waals surface area contributed by atoms with Crippen LogP contribution in [-0.2, 0) is 16.1 Å². The van der Waals surface area contributed by atoms with Crippen molar-refractivity contribution in [2.24, 2.45) is 5.92 Å². The SMILES string of the molecule is O=C1CC(C(=O)NCc2ccccc2Cl)CN1. The molecule has 5 heteroatoms. The van der Waals surface area contributed by atoms with E-state index in [2.05, 4.69) is 10.6 Å². The number of halogens is 1. The van der Waals surface area contributed by atoms with Gasteiger partial charge in [-0.3, -0.25) is 9.59 Å². The van der Waals surface area contributed by atoms with Gasteiger partial charge in [0.25, 0.3) is 0 Å². The Labute approximate surface area is 104 Å². The van der Waals surface area contributed by atoms with Crippen molar-refractivity contribution in [3.8, 4) is 0 Å². The van der Waals surface area contributed by atoms with Gasteiger partial charge in [0.1, 0.15) is 0 Å². The number of carbonyl (C=O) groups excluding carboxylic acids is 2. The minimum atomic E-state index is -0.259. The van der Waals surface area contributed by atoms with Crippen molar-refractivity contribution in [1.29, 1.82) is 0 Å². The molecule has 1 aliphatic rings. The zero-order valence-electron chi connectivity index (χ0n) is 9.20. The number of carbonyl (C=O) groups is 2. The molecule has 0 spiro atoms. The van der Waals surface area contributed by atoms with Gasteiger partial charge in [0, 0.05) is 24.5 Å². The minimum Gasteiger partial charge on any atom is -0.355 e. The molecular formula is C12H13ClN2O2. The molecule has 2 N–H and O–H groups in total. The van der Waals surface area contributed by atoms with Gasteiger partial charge < -0.3 is 10.6 Å². The van der Waals surface area contributed by atoms with E-state index in [1.54, 1.807) is 6.07 Å². The third-order valence-corrected chi connectivity index (χ3v) is 3.13. The summed E-state index contributed by atoms with van der Waals surface area (Å²) in [6, 6.07) is 7.35. The number of nitrogens with one attached hydrogen (secondary N) is 2. The van der Waals surface area contributed by atoms with E-state index in [4.69, 9.17) is 11.6 Å². The van der Waals surface area contributed by atoms with Crippen LogP contribution in [0.4, 0.5) is 0 Å². The normalized spacial score (nSPS) is 18.9. The third kappa shape index (κ3) is 2.97. The first-order chi connectivity index (χ1) is 8.16. The minimum absolute atomic E-state index is 0.0668. The first-order valence-corrected chi connectivity index (χ1v) is 5.82. The highest BCUT2D eigenvalue weighted by Crippen LogP contribution is 2.15. The van der Waals surface area contributed by atoms with Crippen LogP contribution in [0.2, 0.25) is 5.02 Å². The molecule has 2 amide bonds. The van der Waals surface area contributed by atoms with Crippen molar-refractivity contribution in [1.82, 2.24) is 10.6 Å². The van der Waals surface area contributed by atoms with Crippen LogP contribution < -0.4 is 10.6 Å². The number of hydrogen-bond donors (Lipinski definition) is 2. The van der Waals surface area contributed by atoms with Gasteiger partial charge in [-0.2, -0.15) is 0 Å². The summed E-state index contributed by atoms with van der Waals surface area (Å²) in [6.07, 6.45) is 0.272. The lowest BCUT2D eigenvalue weighted by molar-refractivity contribution is -0.126. The summed E-state index contributed by atoms with van der Waals surface area (Å²) >= 11 is 5.97. The number of hydrogen-bond acceptors (Lipinski definition) is 2. The van der Waals surface area contributed by atoms with E-state index >= 15 is 0 Å². The van der Waals surface area contributed by atoms with Gasteiger partial charge in [-0.15, -0.1) is 0 Å². The Balaban J connectivity index is 1.88. The van der Waals surface area contributed by atoms with Crippen LogP contribution in [0.1, 0.15) is 12.0 Å². The summed E-state index contributed by atoms with van der Waals surface area (Å²) in [5.74, 6) is -0.434. The van der Waals surface area contributed by atoms with Crippen LogP contribution in [-0.4, -0.2) is 18.4 Å². The van der Waals surface area contributed by atoms with E-state index in [-0.39, 0.29) is 24.2 Å². The standard InChI is InChI=1S/C12H13ClN2O2/c13-10-4-2-1-3-8(10)6-15-12(17)9-5-11(16)14-7-9/h1-4,9H,5-7H2,(H,14,16)(H,15,17). The monoisotopic (exact) mass is 252 g/mol. The second-order valence-electron chi connectivity index (χ2n) is 4.01. The number of amides is 2. The van der Waals surface area contributed by atoms with E-state index < -0.39 is 0 Å². The first kappa shape index (κ1) is 11.9. The summed E-state index contributed by atoms with van der Waals surface area (Å²) in [6.45, 7) is 0.816. The maximum atomic E-state index is 11.7. The predicted molar refractivity (Wildman–Crippen MR) is 64.4 cm³/mol. The van der Waals surface area contributed by atoms with Crippen LogP contribution in [0.25, 0.3) is 0 Å². The van der Waals surface area contributed by atoms with Crippen LogP contribution in [0.15, 0.2) is 24.3 Å². The van der Waals surface area contributed by atoms with Crippen molar-refractivity contribution in [3.05, 3.63) is 34.9 Å². The molecule has 1 saturated heterocycles. The van der Waals surface area contributed by atoms with Crippen molar-refractivity contribution in [3.63, 3.8) is 0 Å². The molecule has 1 aromatic rings. The Morgan fingerprint density at radius 1 is 1.47 bits per heavy atom. The van der Waals surface area contributed by atoms with Gasteiger partial charge >= 0.3 is 0 Å². The third-order valence-electron chi connectivity index (χ3n) is 2.76. The Morgan fingerprint density at radius 2 is 2.24 bits per heavy atom. The molecule has 0 aliphatic carbocycles. The van der Waals surface area contributed by atoms with Crippen molar-refractivity contribution < 1.29 is 9.59 Å². The Bertz CT molecular complexity index is 448. The molecule has 0 radical (unpaired) electrons. The molecule has 1 heterocycles. The van der Waals surface area contributed by atoms with E-state index in [9.17, 15) is 9.59 Å². The maximum absolute atomic E-state index is 11.7. The fourth-order valence-electron chi connectivity index (χ4n) is 1.76. The second kappa shape index (κ2) is 5.19. The summed E-state index contributed by atoms with van der Waals surface area (Å²) in [7, 11) is 0. The molecule has 90 valence electrons. The first-order valence-electron chi connectivity index (χ1n) is 5.44. The molecule has 17 heavy (non-hydrogen) atoms. The van der Waals surface area contributed by atoms with Crippen molar-refractivity contribution in [2.75, 3.05) is 6.54 Å². The van der Waals surface area contributed by atoms with E-state index in [1.807, 2.05) is 18.2 Å². The van der Waals surface area contributed by atoms with Gasteiger partial charge in [0.15, 0.2) is 0 Å². The summed E-state index contributed by atoms with van der Waals surface area (Å²) < 4.78 is 0. The van der Waals surface area contributed by atoms with Crippen LogP contribution in [0.3, 0.4) is 0 Å². The van der Waals surface area contributed by atoms with Crippen molar-refractivity contribution in [2.45, 2.75) is 13.0 Å². The van der Waals surface area contributed by atoms with E-state index in [1.165, 1.54) is 0 Å². The van der Waals surface area contributed by atoms with Gasteiger partial charge in [0.05, 0.1) is 5.92 Å². The molecule has 1 aromatic carbocycles. The average Bonchev–Trinajstić information content (AvgIpc) is 2.74. The van der Waals surface area contributed by atoms with Gasteiger partial charge in [-0.05, 0) is 11.6 Å². The van der Waals surface area contributed by atoms with E-state index in [0.717, 1.165) is 5.56 Å². The zero-order chi connectivity index (χ0) is 12.3. The summed E-state index contributed by atoms with van der Waals surface area (Å²) in [5, 5.41) is 6.05. The molecule has 1 atom stereocenters. The molecule has 0 aromatic heterocycles. The summed E-state index contributed by atoms with van der Waals surface area (Å²) in [5.41, 5.74) is 0.875. The highest BCUT2D eigenvalue weighted by Gasteiger charge is 2.27. The number of benzene rings is 1. The number of rotatable bonds is 3. The molecule has 0 bridgehead atoms.